The topological polar surface area (TPSA) is 86.9 Å². The Bertz CT molecular complexity index is 842. The highest BCUT2D eigenvalue weighted by Crippen LogP contribution is 2.35. The molecule has 1 fully saturated rings. The van der Waals surface area contributed by atoms with Crippen molar-refractivity contribution in [3.05, 3.63) is 41.7 Å². The number of fused-ring (bicyclic) bond motifs is 1. The molecule has 27 heavy (non-hydrogen) atoms. The Labute approximate surface area is 157 Å². The first-order chi connectivity index (χ1) is 13.1. The van der Waals surface area contributed by atoms with Gasteiger partial charge in [0.2, 0.25) is 0 Å². The van der Waals surface area contributed by atoms with E-state index >= 15 is 0 Å². The standard InChI is InChI=1S/C19H22N4O4/c1-13-11-16-17(27-10-9-26-16)12-15(13)21-19(25)23-7-5-22(6-8-23)18(24)14-3-2-4-20-14/h2-4,11-12,20H,5-10H2,1H3,(H,21,25). The summed E-state index contributed by atoms with van der Waals surface area (Å²) in [6.07, 6.45) is 1.73. The largest absolute Gasteiger partial charge is 0.486 e. The van der Waals surface area contributed by atoms with Gasteiger partial charge in [0.1, 0.15) is 18.9 Å². The molecular weight excluding hydrogens is 348 g/mol. The summed E-state index contributed by atoms with van der Waals surface area (Å²) in [4.78, 5) is 31.4. The first-order valence-corrected chi connectivity index (χ1v) is 9.00. The normalized spacial score (nSPS) is 16.2. The summed E-state index contributed by atoms with van der Waals surface area (Å²) < 4.78 is 11.1. The zero-order chi connectivity index (χ0) is 18.8. The van der Waals surface area contributed by atoms with Crippen molar-refractivity contribution in [2.75, 3.05) is 44.7 Å². The molecule has 2 aliphatic rings. The summed E-state index contributed by atoms with van der Waals surface area (Å²) in [6, 6.07) is 7.05. The molecule has 1 aromatic carbocycles. The van der Waals surface area contributed by atoms with E-state index < -0.39 is 0 Å². The Morgan fingerprint density at radius 2 is 1.70 bits per heavy atom. The molecule has 8 nitrogen and oxygen atoms in total. The predicted octanol–water partition coefficient (Wildman–Crippen LogP) is 2.08. The van der Waals surface area contributed by atoms with Crippen LogP contribution < -0.4 is 14.8 Å². The number of carbonyl (C=O) groups excluding carboxylic acids is 2. The molecule has 0 saturated carbocycles. The molecule has 142 valence electrons. The van der Waals surface area contributed by atoms with E-state index in [1.807, 2.05) is 13.0 Å². The molecule has 0 bridgehead atoms. The van der Waals surface area contributed by atoms with Crippen LogP contribution in [0.25, 0.3) is 0 Å². The second-order valence-electron chi connectivity index (χ2n) is 6.60. The smallest absolute Gasteiger partial charge is 0.321 e. The quantitative estimate of drug-likeness (QED) is 0.847. The second kappa shape index (κ2) is 7.22. The van der Waals surface area contributed by atoms with Gasteiger partial charge >= 0.3 is 6.03 Å². The summed E-state index contributed by atoms with van der Waals surface area (Å²) in [5.74, 6) is 1.31. The molecule has 1 aromatic heterocycles. The van der Waals surface area contributed by atoms with E-state index in [2.05, 4.69) is 10.3 Å². The molecule has 0 unspecified atom stereocenters. The predicted molar refractivity (Wildman–Crippen MR) is 99.5 cm³/mol. The van der Waals surface area contributed by atoms with Crippen LogP contribution in [0.1, 0.15) is 16.1 Å². The number of piperazine rings is 1. The maximum absolute atomic E-state index is 12.6. The van der Waals surface area contributed by atoms with E-state index in [1.165, 1.54) is 0 Å². The maximum atomic E-state index is 12.6. The van der Waals surface area contributed by atoms with Crippen molar-refractivity contribution in [3.8, 4) is 11.5 Å². The number of nitrogens with one attached hydrogen (secondary N) is 2. The molecular formula is C19H22N4O4. The van der Waals surface area contributed by atoms with Crippen LogP contribution in [0.5, 0.6) is 11.5 Å². The number of aromatic nitrogens is 1. The van der Waals surface area contributed by atoms with E-state index in [0.717, 1.165) is 5.56 Å². The van der Waals surface area contributed by atoms with Gasteiger partial charge in [-0.25, -0.2) is 4.79 Å². The summed E-state index contributed by atoms with van der Waals surface area (Å²) in [5.41, 5.74) is 2.18. The van der Waals surface area contributed by atoms with Crippen LogP contribution in [-0.4, -0.2) is 66.1 Å². The van der Waals surface area contributed by atoms with Gasteiger partial charge in [0.05, 0.1) is 0 Å². The highest BCUT2D eigenvalue weighted by Gasteiger charge is 2.26. The fourth-order valence-corrected chi connectivity index (χ4v) is 3.27. The van der Waals surface area contributed by atoms with Crippen LogP contribution in [-0.2, 0) is 0 Å². The fourth-order valence-electron chi connectivity index (χ4n) is 3.27. The van der Waals surface area contributed by atoms with Crippen molar-refractivity contribution in [1.82, 2.24) is 14.8 Å². The van der Waals surface area contributed by atoms with Crippen molar-refractivity contribution in [3.63, 3.8) is 0 Å². The maximum Gasteiger partial charge on any atom is 0.321 e. The number of aromatic amines is 1. The van der Waals surface area contributed by atoms with Gasteiger partial charge in [0.15, 0.2) is 11.5 Å². The molecule has 0 aliphatic carbocycles. The summed E-state index contributed by atoms with van der Waals surface area (Å²) in [7, 11) is 0. The number of hydrogen-bond donors (Lipinski definition) is 2. The van der Waals surface area contributed by atoms with Gasteiger partial charge in [0, 0.05) is 44.1 Å². The Kier molecular flexibility index (Phi) is 4.62. The first-order valence-electron chi connectivity index (χ1n) is 9.00. The van der Waals surface area contributed by atoms with Crippen LogP contribution in [0.15, 0.2) is 30.5 Å². The van der Waals surface area contributed by atoms with E-state index in [-0.39, 0.29) is 11.9 Å². The van der Waals surface area contributed by atoms with Crippen LogP contribution >= 0.6 is 0 Å². The number of urea groups is 1. The lowest BCUT2D eigenvalue weighted by Gasteiger charge is -2.34. The van der Waals surface area contributed by atoms with Gasteiger partial charge in [0.25, 0.3) is 5.91 Å². The molecule has 3 amide bonds. The monoisotopic (exact) mass is 370 g/mol. The van der Waals surface area contributed by atoms with Gasteiger partial charge in [-0.15, -0.1) is 0 Å². The van der Waals surface area contributed by atoms with E-state index in [9.17, 15) is 9.59 Å². The molecule has 1 saturated heterocycles. The minimum absolute atomic E-state index is 0.0391. The summed E-state index contributed by atoms with van der Waals surface area (Å²) >= 11 is 0. The average molecular weight is 370 g/mol. The number of aryl methyl sites for hydroxylation is 1. The zero-order valence-electron chi connectivity index (χ0n) is 15.2. The third kappa shape index (κ3) is 3.55. The van der Waals surface area contributed by atoms with Crippen LogP contribution in [0, 0.1) is 6.92 Å². The van der Waals surface area contributed by atoms with Crippen molar-refractivity contribution in [2.45, 2.75) is 6.92 Å². The molecule has 0 radical (unpaired) electrons. The van der Waals surface area contributed by atoms with Gasteiger partial charge in [-0.2, -0.15) is 0 Å². The molecule has 0 atom stereocenters. The minimum atomic E-state index is -0.179. The van der Waals surface area contributed by atoms with Gasteiger partial charge in [-0.1, -0.05) is 0 Å². The fraction of sp³-hybridized carbons (Fsp3) is 0.368. The van der Waals surface area contributed by atoms with Crippen molar-refractivity contribution in [2.24, 2.45) is 0 Å². The Morgan fingerprint density at radius 1 is 1.04 bits per heavy atom. The highest BCUT2D eigenvalue weighted by molar-refractivity contribution is 5.93. The number of ether oxygens (including phenoxy) is 2. The summed E-state index contributed by atoms with van der Waals surface area (Å²) in [5, 5.41) is 2.94. The Balaban J connectivity index is 1.37. The second-order valence-corrected chi connectivity index (χ2v) is 6.60. The number of carbonyl (C=O) groups is 2. The third-order valence-corrected chi connectivity index (χ3v) is 4.81. The number of hydrogen-bond acceptors (Lipinski definition) is 4. The lowest BCUT2D eigenvalue weighted by Crippen LogP contribution is -2.51. The molecule has 8 heteroatoms. The van der Waals surface area contributed by atoms with Gasteiger partial charge in [-0.05, 0) is 30.7 Å². The number of rotatable bonds is 2. The average Bonchev–Trinajstić information content (AvgIpc) is 3.23. The zero-order valence-corrected chi connectivity index (χ0v) is 15.2. The van der Waals surface area contributed by atoms with Crippen LogP contribution in [0.2, 0.25) is 0 Å². The van der Waals surface area contributed by atoms with Crippen molar-refractivity contribution >= 4 is 17.6 Å². The van der Waals surface area contributed by atoms with Gasteiger partial charge in [-0.3, -0.25) is 4.79 Å². The lowest BCUT2D eigenvalue weighted by molar-refractivity contribution is 0.0666. The number of nitrogens with zero attached hydrogens (tertiary/aromatic N) is 2. The van der Waals surface area contributed by atoms with Crippen LogP contribution in [0.4, 0.5) is 10.5 Å². The Hall–Kier alpha value is -3.16. The van der Waals surface area contributed by atoms with E-state index in [4.69, 9.17) is 9.47 Å². The SMILES string of the molecule is Cc1cc2c(cc1NC(=O)N1CCN(C(=O)c3ccc[nH]3)CC1)OCCO2. The molecule has 4 rings (SSSR count). The number of H-pyrrole nitrogens is 1. The third-order valence-electron chi connectivity index (χ3n) is 4.81. The molecule has 0 spiro atoms. The van der Waals surface area contributed by atoms with Crippen molar-refractivity contribution in [1.29, 1.82) is 0 Å². The first kappa shape index (κ1) is 17.3. The Morgan fingerprint density at radius 3 is 2.37 bits per heavy atom. The number of amides is 3. The van der Waals surface area contributed by atoms with E-state index in [0.29, 0.717) is 62.3 Å². The highest BCUT2D eigenvalue weighted by atomic mass is 16.6. The molecule has 2 aliphatic heterocycles. The molecule has 2 N–H and O–H groups in total. The molecule has 2 aromatic rings. The van der Waals surface area contributed by atoms with Gasteiger partial charge < -0.3 is 29.6 Å². The number of anilines is 1. The lowest BCUT2D eigenvalue weighted by atomic mass is 10.1. The number of benzene rings is 1. The minimum Gasteiger partial charge on any atom is -0.486 e. The van der Waals surface area contributed by atoms with Crippen LogP contribution in [0.3, 0.4) is 0 Å². The molecule has 3 heterocycles. The summed E-state index contributed by atoms with van der Waals surface area (Å²) in [6.45, 7) is 4.94. The van der Waals surface area contributed by atoms with Crippen molar-refractivity contribution < 1.29 is 19.1 Å². The van der Waals surface area contributed by atoms with E-state index in [1.54, 1.807) is 34.2 Å².